The molecule has 0 aliphatic heterocycles. The van der Waals surface area contributed by atoms with E-state index in [1.165, 1.54) is 0 Å². The Bertz CT molecular complexity index is 186. The third-order valence-electron chi connectivity index (χ3n) is 1.17. The Labute approximate surface area is 91.6 Å². The van der Waals surface area contributed by atoms with Gasteiger partial charge in [0.05, 0.1) is 13.0 Å². The molecule has 0 radical (unpaired) electrons. The summed E-state index contributed by atoms with van der Waals surface area (Å²) >= 11 is 5.12. The van der Waals surface area contributed by atoms with Crippen molar-refractivity contribution in [2.75, 3.05) is 6.61 Å². The van der Waals surface area contributed by atoms with Crippen LogP contribution in [0.5, 0.6) is 0 Å². The van der Waals surface area contributed by atoms with Crippen molar-refractivity contribution in [2.24, 2.45) is 0 Å². The molecule has 0 rings (SSSR count). The van der Waals surface area contributed by atoms with Crippen LogP contribution in [0, 0.1) is 0 Å². The van der Waals surface area contributed by atoms with Crippen molar-refractivity contribution in [1.29, 1.82) is 0 Å². The molecule has 0 atom stereocenters. The second-order valence-corrected chi connectivity index (χ2v) is 2.59. The molecule has 0 saturated heterocycles. The zero-order chi connectivity index (χ0) is 11.4. The summed E-state index contributed by atoms with van der Waals surface area (Å²) in [7, 11) is 0. The third-order valence-corrected chi connectivity index (χ3v) is 1.36. The van der Waals surface area contributed by atoms with Crippen LogP contribution < -0.4 is 0 Å². The van der Waals surface area contributed by atoms with Gasteiger partial charge in [0.1, 0.15) is 5.76 Å². The Morgan fingerprint density at radius 2 is 2.07 bits per heavy atom. The maximum atomic E-state index is 10.3. The maximum absolute atomic E-state index is 10.3. The quantitative estimate of drug-likeness (QED) is 0.386. The highest BCUT2D eigenvalue weighted by atomic mass is 35.5. The van der Waals surface area contributed by atoms with Gasteiger partial charge in [-0.3, -0.25) is 4.79 Å². The molecule has 0 saturated carbocycles. The number of carbonyl (C=O) groups is 1. The lowest BCUT2D eigenvalue weighted by Gasteiger charge is -2.03. The third kappa shape index (κ3) is 11.2. The summed E-state index contributed by atoms with van der Waals surface area (Å²) in [4.78, 5) is 10.3. The molecular weight excluding hydrogens is 200 g/mol. The fourth-order valence-electron chi connectivity index (χ4n) is 0.651. The Morgan fingerprint density at radius 1 is 1.50 bits per heavy atom. The van der Waals surface area contributed by atoms with Gasteiger partial charge >= 0.3 is 0 Å². The molecule has 0 bridgehead atoms. The van der Waals surface area contributed by atoms with Gasteiger partial charge < -0.3 is 4.74 Å². The van der Waals surface area contributed by atoms with Gasteiger partial charge in [0.2, 0.25) is 5.24 Å². The summed E-state index contributed by atoms with van der Waals surface area (Å²) < 4.78 is 5.18. The van der Waals surface area contributed by atoms with E-state index in [0.29, 0.717) is 12.4 Å². The summed E-state index contributed by atoms with van der Waals surface area (Å²) in [5, 5.41) is -0.380. The number of allylic oxidation sites excluding steroid dienone is 2. The zero-order valence-electron chi connectivity index (χ0n) is 9.18. The molecule has 0 amide bonds. The van der Waals surface area contributed by atoms with E-state index in [1.807, 2.05) is 26.8 Å². The zero-order valence-corrected chi connectivity index (χ0v) is 9.93. The molecule has 2 nitrogen and oxygen atoms in total. The van der Waals surface area contributed by atoms with Gasteiger partial charge in [-0.05, 0) is 30.2 Å². The van der Waals surface area contributed by atoms with Gasteiger partial charge in [-0.25, -0.2) is 0 Å². The molecule has 0 spiro atoms. The standard InChI is InChI=1S/C9H13ClO2.C2H6/c1-3-5-8(4-2)12-7-6-9(10)11;1-2/h4-5H,2-3,6-7H2,1H3;1-2H3/b8-5+;. The van der Waals surface area contributed by atoms with Crippen LogP contribution in [0.4, 0.5) is 0 Å². The van der Waals surface area contributed by atoms with Crippen molar-refractivity contribution < 1.29 is 9.53 Å². The van der Waals surface area contributed by atoms with Crippen LogP contribution in [-0.4, -0.2) is 11.8 Å². The number of rotatable bonds is 6. The molecule has 0 fully saturated rings. The molecule has 3 heteroatoms. The molecule has 0 unspecified atom stereocenters. The normalized spacial score (nSPS) is 9.86. The number of hydrogen-bond acceptors (Lipinski definition) is 2. The van der Waals surface area contributed by atoms with E-state index in [0.717, 1.165) is 6.42 Å². The summed E-state index contributed by atoms with van der Waals surface area (Å²) in [6, 6.07) is 0. The van der Waals surface area contributed by atoms with Crippen LogP contribution in [-0.2, 0) is 9.53 Å². The lowest BCUT2D eigenvalue weighted by molar-refractivity contribution is -0.112. The summed E-state index contributed by atoms with van der Waals surface area (Å²) in [6.07, 6.45) is 4.63. The van der Waals surface area contributed by atoms with Gasteiger partial charge in [-0.15, -0.1) is 0 Å². The second kappa shape index (κ2) is 12.2. The van der Waals surface area contributed by atoms with Gasteiger partial charge in [0.25, 0.3) is 0 Å². The van der Waals surface area contributed by atoms with Crippen molar-refractivity contribution in [1.82, 2.24) is 0 Å². The fraction of sp³-hybridized carbons (Fsp3) is 0.545. The minimum atomic E-state index is -0.380. The first-order chi connectivity index (χ1) is 6.70. The molecule has 82 valence electrons. The predicted molar refractivity (Wildman–Crippen MR) is 61.3 cm³/mol. The summed E-state index contributed by atoms with van der Waals surface area (Å²) in [5.74, 6) is 0.704. The minimum absolute atomic E-state index is 0.233. The first kappa shape index (κ1) is 15.7. The number of halogens is 1. The minimum Gasteiger partial charge on any atom is -0.493 e. The lowest BCUT2D eigenvalue weighted by atomic mass is 10.3. The van der Waals surface area contributed by atoms with Crippen molar-refractivity contribution in [3.63, 3.8) is 0 Å². The molecule has 0 N–H and O–H groups in total. The molecule has 0 aromatic heterocycles. The van der Waals surface area contributed by atoms with Crippen LogP contribution in [0.1, 0.15) is 33.6 Å². The molecular formula is C11H19ClO2. The summed E-state index contributed by atoms with van der Waals surface area (Å²) in [5.41, 5.74) is 0. The molecule has 0 heterocycles. The van der Waals surface area contributed by atoms with Crippen molar-refractivity contribution in [2.45, 2.75) is 33.6 Å². The first-order valence-corrected chi connectivity index (χ1v) is 5.22. The average molecular weight is 219 g/mol. The van der Waals surface area contributed by atoms with Crippen LogP contribution >= 0.6 is 11.6 Å². The van der Waals surface area contributed by atoms with E-state index in [-0.39, 0.29) is 11.7 Å². The van der Waals surface area contributed by atoms with Crippen LogP contribution in [0.25, 0.3) is 0 Å². The monoisotopic (exact) mass is 218 g/mol. The molecule has 14 heavy (non-hydrogen) atoms. The van der Waals surface area contributed by atoms with Gasteiger partial charge in [-0.2, -0.15) is 0 Å². The van der Waals surface area contributed by atoms with Crippen LogP contribution in [0.3, 0.4) is 0 Å². The summed E-state index contributed by atoms with van der Waals surface area (Å²) in [6.45, 7) is 9.89. The van der Waals surface area contributed by atoms with Crippen molar-refractivity contribution in [3.05, 3.63) is 24.5 Å². The molecule has 0 aliphatic rings. The second-order valence-electron chi connectivity index (χ2n) is 2.17. The smallest absolute Gasteiger partial charge is 0.225 e. The van der Waals surface area contributed by atoms with Crippen LogP contribution in [0.15, 0.2) is 24.5 Å². The number of hydrogen-bond donors (Lipinski definition) is 0. The van der Waals surface area contributed by atoms with E-state index >= 15 is 0 Å². The van der Waals surface area contributed by atoms with Crippen LogP contribution in [0.2, 0.25) is 0 Å². The molecule has 0 aliphatic carbocycles. The Morgan fingerprint density at radius 3 is 2.43 bits per heavy atom. The predicted octanol–water partition coefficient (Wildman–Crippen LogP) is 3.66. The Balaban J connectivity index is 0. The van der Waals surface area contributed by atoms with Crippen molar-refractivity contribution >= 4 is 16.8 Å². The lowest BCUT2D eigenvalue weighted by Crippen LogP contribution is -1.97. The number of ether oxygens (including phenoxy) is 1. The van der Waals surface area contributed by atoms with Crippen molar-refractivity contribution in [3.8, 4) is 0 Å². The molecule has 0 aromatic carbocycles. The van der Waals surface area contributed by atoms with E-state index < -0.39 is 0 Å². The van der Waals surface area contributed by atoms with E-state index in [2.05, 4.69) is 6.58 Å². The highest BCUT2D eigenvalue weighted by molar-refractivity contribution is 6.63. The van der Waals surface area contributed by atoms with E-state index in [9.17, 15) is 4.79 Å². The van der Waals surface area contributed by atoms with E-state index in [1.54, 1.807) is 6.08 Å². The van der Waals surface area contributed by atoms with Gasteiger partial charge in [0.15, 0.2) is 0 Å². The fourth-order valence-corrected chi connectivity index (χ4v) is 0.729. The maximum Gasteiger partial charge on any atom is 0.225 e. The van der Waals surface area contributed by atoms with Gasteiger partial charge in [-0.1, -0.05) is 27.4 Å². The number of carbonyl (C=O) groups excluding carboxylic acids is 1. The average Bonchev–Trinajstić information content (AvgIpc) is 2.19. The Kier molecular flexibility index (Phi) is 13.7. The largest absolute Gasteiger partial charge is 0.493 e. The van der Waals surface area contributed by atoms with Gasteiger partial charge in [0, 0.05) is 0 Å². The first-order valence-electron chi connectivity index (χ1n) is 4.84. The Hall–Kier alpha value is -0.760. The topological polar surface area (TPSA) is 26.3 Å². The SMILES string of the molecule is C=C/C(=C\CC)OCCC(=O)Cl.CC. The highest BCUT2D eigenvalue weighted by Gasteiger charge is 1.96. The molecule has 0 aromatic rings. The van der Waals surface area contributed by atoms with E-state index in [4.69, 9.17) is 16.3 Å². The highest BCUT2D eigenvalue weighted by Crippen LogP contribution is 2.01.